The number of primary amides is 1. The maximum absolute atomic E-state index is 12.8. The molecule has 2 aromatic carbocycles. The van der Waals surface area contributed by atoms with E-state index in [1.54, 1.807) is 36.4 Å². The van der Waals surface area contributed by atoms with Crippen molar-refractivity contribution in [3.8, 4) is 6.01 Å². The van der Waals surface area contributed by atoms with Gasteiger partial charge >= 0.3 is 30.0 Å². The molecule has 0 unspecified atom stereocenters. The Morgan fingerprint density at radius 3 is 2.21 bits per heavy atom. The summed E-state index contributed by atoms with van der Waals surface area (Å²) < 4.78 is 48.0. The van der Waals surface area contributed by atoms with Crippen LogP contribution in [0.3, 0.4) is 0 Å². The minimum atomic E-state index is -4.61. The van der Waals surface area contributed by atoms with Crippen LogP contribution in [0.4, 0.5) is 36.4 Å². The Morgan fingerprint density at radius 1 is 1.00 bits per heavy atom. The Balaban J connectivity index is 1.50. The number of amides is 2. The van der Waals surface area contributed by atoms with Crippen molar-refractivity contribution in [2.24, 2.45) is 5.73 Å². The number of alkyl halides is 3. The highest BCUT2D eigenvalue weighted by molar-refractivity contribution is 6.34. The molecule has 1 aliphatic rings. The monoisotopic (exact) mass is 622 g/mol. The number of hydrogen-bond donors (Lipinski definition) is 5. The smallest absolute Gasteiger partial charge is 0.422 e. The molecule has 1 aromatic heterocycles. The molecule has 4 rings (SSSR count). The largest absolute Gasteiger partial charge is 0.467 e. The Morgan fingerprint density at radius 2 is 1.63 bits per heavy atom. The fourth-order valence-electron chi connectivity index (χ4n) is 3.87. The maximum atomic E-state index is 12.8. The van der Waals surface area contributed by atoms with E-state index in [2.05, 4.69) is 36.2 Å². The van der Waals surface area contributed by atoms with Gasteiger partial charge in [-0.1, -0.05) is 23.7 Å². The summed E-state index contributed by atoms with van der Waals surface area (Å²) in [6.45, 7) is -1.88. The standard InChI is InChI=1S/C26H26ClF3N8O5/c1-42-21(41)18(12-32-20(40)19(31)39)33-16-6-8-17(9-7-16)34-22-35-23(37-24(36-22)43-13-26(28,29)30)38-25(10-11-25)14-2-4-15(27)5-3-14/h2-9,18,33H,10-13H2,1H3,(H2,31,39)(H,32,40)(H2,34,35,36,37,38)/t18-/m0/s1. The number of halogens is 4. The molecule has 0 aliphatic heterocycles. The third-order valence-electron chi connectivity index (χ3n) is 6.14. The Bertz CT molecular complexity index is 1470. The number of anilines is 4. The summed E-state index contributed by atoms with van der Waals surface area (Å²) in [5.74, 6) is -3.08. The van der Waals surface area contributed by atoms with Gasteiger partial charge in [0.1, 0.15) is 6.04 Å². The summed E-state index contributed by atoms with van der Waals surface area (Å²) in [6, 6.07) is 11.8. The molecule has 228 valence electrons. The second kappa shape index (κ2) is 13.0. The third kappa shape index (κ3) is 8.81. The SMILES string of the molecule is COC(=O)[C@H](CNC(=O)C(N)=O)Nc1ccc(Nc2nc(NC3(c4ccc(Cl)cc4)CC3)nc(OCC(F)(F)F)n2)cc1. The highest BCUT2D eigenvalue weighted by Gasteiger charge is 2.45. The molecule has 0 radical (unpaired) electrons. The molecule has 0 spiro atoms. The number of nitrogens with one attached hydrogen (secondary N) is 4. The van der Waals surface area contributed by atoms with E-state index >= 15 is 0 Å². The van der Waals surface area contributed by atoms with Gasteiger partial charge < -0.3 is 36.5 Å². The minimum absolute atomic E-state index is 0.000612. The first-order chi connectivity index (χ1) is 20.4. The second-order valence-corrected chi connectivity index (χ2v) is 9.82. The lowest BCUT2D eigenvalue weighted by molar-refractivity contribution is -0.154. The lowest BCUT2D eigenvalue weighted by atomic mass is 10.1. The van der Waals surface area contributed by atoms with Gasteiger partial charge in [-0.15, -0.1) is 0 Å². The van der Waals surface area contributed by atoms with Gasteiger partial charge in [-0.05, 0) is 54.8 Å². The van der Waals surface area contributed by atoms with Crippen molar-refractivity contribution >= 4 is 52.7 Å². The van der Waals surface area contributed by atoms with E-state index in [-0.39, 0.29) is 18.4 Å². The van der Waals surface area contributed by atoms with Gasteiger partial charge in [0.05, 0.1) is 12.6 Å². The van der Waals surface area contributed by atoms with Gasteiger partial charge in [0.25, 0.3) is 0 Å². The topological polar surface area (TPSA) is 182 Å². The van der Waals surface area contributed by atoms with Gasteiger partial charge in [0, 0.05) is 22.9 Å². The molecule has 3 aromatic rings. The first kappa shape index (κ1) is 31.1. The van der Waals surface area contributed by atoms with Crippen LogP contribution in [-0.4, -0.2) is 65.2 Å². The molecule has 6 N–H and O–H groups in total. The van der Waals surface area contributed by atoms with E-state index in [1.165, 1.54) is 0 Å². The lowest BCUT2D eigenvalue weighted by Crippen LogP contribution is -2.45. The zero-order valence-corrected chi connectivity index (χ0v) is 23.3. The summed E-state index contributed by atoms with van der Waals surface area (Å²) in [6.07, 6.45) is -3.15. The van der Waals surface area contributed by atoms with Crippen LogP contribution in [0.25, 0.3) is 0 Å². The molecule has 2 amide bonds. The molecule has 1 fully saturated rings. The van der Waals surface area contributed by atoms with Gasteiger partial charge in [0.2, 0.25) is 11.9 Å². The van der Waals surface area contributed by atoms with Crippen LogP contribution in [0.1, 0.15) is 18.4 Å². The van der Waals surface area contributed by atoms with Crippen molar-refractivity contribution < 1.29 is 37.0 Å². The Kier molecular flexibility index (Phi) is 9.38. The van der Waals surface area contributed by atoms with E-state index in [4.69, 9.17) is 26.8 Å². The number of rotatable bonds is 12. The molecule has 1 aliphatic carbocycles. The van der Waals surface area contributed by atoms with Crippen LogP contribution in [-0.2, 0) is 24.7 Å². The van der Waals surface area contributed by atoms with Crippen LogP contribution < -0.4 is 31.7 Å². The number of ether oxygens (including phenoxy) is 2. The maximum Gasteiger partial charge on any atom is 0.422 e. The van der Waals surface area contributed by atoms with E-state index in [0.717, 1.165) is 25.5 Å². The van der Waals surface area contributed by atoms with Crippen molar-refractivity contribution in [3.05, 3.63) is 59.1 Å². The average Bonchev–Trinajstić information content (AvgIpc) is 3.74. The number of benzene rings is 2. The zero-order valence-electron chi connectivity index (χ0n) is 22.5. The molecule has 43 heavy (non-hydrogen) atoms. The number of methoxy groups -OCH3 is 1. The molecule has 0 bridgehead atoms. The second-order valence-electron chi connectivity index (χ2n) is 9.38. The Labute approximate surface area is 247 Å². The number of nitrogens with two attached hydrogens (primary N) is 1. The van der Waals surface area contributed by atoms with Crippen molar-refractivity contribution in [1.29, 1.82) is 0 Å². The number of carbonyl (C=O) groups is 3. The number of hydrogen-bond acceptors (Lipinski definition) is 11. The van der Waals surface area contributed by atoms with Crippen molar-refractivity contribution in [2.75, 3.05) is 36.2 Å². The molecule has 1 atom stereocenters. The molecular formula is C26H26ClF3N8O5. The normalized spacial score (nSPS) is 14.2. The molecule has 0 saturated heterocycles. The highest BCUT2D eigenvalue weighted by Crippen LogP contribution is 2.48. The number of esters is 1. The first-order valence-electron chi connectivity index (χ1n) is 12.6. The number of nitrogens with zero attached hydrogens (tertiary/aromatic N) is 3. The first-order valence-corrected chi connectivity index (χ1v) is 13.0. The van der Waals surface area contributed by atoms with E-state index < -0.39 is 48.2 Å². The third-order valence-corrected chi connectivity index (χ3v) is 6.39. The van der Waals surface area contributed by atoms with Crippen molar-refractivity contribution in [2.45, 2.75) is 30.6 Å². The molecular weight excluding hydrogens is 597 g/mol. The fraction of sp³-hybridized carbons (Fsp3) is 0.308. The van der Waals surface area contributed by atoms with Gasteiger partial charge in [-0.3, -0.25) is 9.59 Å². The van der Waals surface area contributed by atoms with E-state index in [0.29, 0.717) is 16.4 Å². The highest BCUT2D eigenvalue weighted by atomic mass is 35.5. The van der Waals surface area contributed by atoms with Crippen molar-refractivity contribution in [3.63, 3.8) is 0 Å². The van der Waals surface area contributed by atoms with E-state index in [1.807, 2.05) is 12.1 Å². The summed E-state index contributed by atoms with van der Waals surface area (Å²) in [7, 11) is 1.16. The number of carbonyl (C=O) groups excluding carboxylic acids is 3. The quantitative estimate of drug-likeness (QED) is 0.148. The summed E-state index contributed by atoms with van der Waals surface area (Å²) >= 11 is 6.00. The van der Waals surface area contributed by atoms with Crippen molar-refractivity contribution in [1.82, 2.24) is 20.3 Å². The molecule has 1 heterocycles. The average molecular weight is 623 g/mol. The lowest BCUT2D eigenvalue weighted by Gasteiger charge is -2.19. The molecule has 1 saturated carbocycles. The zero-order chi connectivity index (χ0) is 31.2. The predicted octanol–water partition coefficient (Wildman–Crippen LogP) is 2.87. The summed E-state index contributed by atoms with van der Waals surface area (Å²) in [4.78, 5) is 46.8. The summed E-state index contributed by atoms with van der Waals surface area (Å²) in [5.41, 5.74) is 6.16. The number of aromatic nitrogens is 3. The van der Waals surface area contributed by atoms with Crippen LogP contribution in [0.15, 0.2) is 48.5 Å². The van der Waals surface area contributed by atoms with Crippen LogP contribution in [0.2, 0.25) is 5.02 Å². The predicted molar refractivity (Wildman–Crippen MR) is 149 cm³/mol. The van der Waals surface area contributed by atoms with Crippen LogP contribution in [0.5, 0.6) is 6.01 Å². The van der Waals surface area contributed by atoms with Gasteiger partial charge in [0.15, 0.2) is 6.61 Å². The van der Waals surface area contributed by atoms with E-state index in [9.17, 15) is 27.6 Å². The fourth-order valence-corrected chi connectivity index (χ4v) is 4.00. The molecule has 17 heteroatoms. The summed E-state index contributed by atoms with van der Waals surface area (Å²) in [5, 5.41) is 11.7. The molecule has 13 nitrogen and oxygen atoms in total. The van der Waals surface area contributed by atoms with Crippen LogP contribution >= 0.6 is 11.6 Å². The van der Waals surface area contributed by atoms with Crippen LogP contribution in [0, 0.1) is 0 Å². The minimum Gasteiger partial charge on any atom is -0.467 e. The Hall–Kier alpha value is -4.86. The van der Waals surface area contributed by atoms with Gasteiger partial charge in [-0.25, -0.2) is 4.79 Å². The van der Waals surface area contributed by atoms with Gasteiger partial charge in [-0.2, -0.15) is 28.1 Å².